The van der Waals surface area contributed by atoms with Crippen LogP contribution in [-0.2, 0) is 5.60 Å². The number of halogens is 2. The Kier molecular flexibility index (Phi) is 4.29. The molecule has 1 atom stereocenters. The Morgan fingerprint density at radius 1 is 1.40 bits per heavy atom. The Bertz CT molecular complexity index is 340. The van der Waals surface area contributed by atoms with Gasteiger partial charge in [-0.3, -0.25) is 0 Å². The highest BCUT2D eigenvalue weighted by molar-refractivity contribution is 9.10. The summed E-state index contributed by atoms with van der Waals surface area (Å²) >= 11 is 3.13. The van der Waals surface area contributed by atoms with Crippen molar-refractivity contribution in [3.8, 4) is 0 Å². The molecule has 0 fully saturated rings. The zero-order valence-corrected chi connectivity index (χ0v) is 10.6. The molecule has 1 N–H and O–H groups in total. The Morgan fingerprint density at radius 2 is 2.07 bits per heavy atom. The molecule has 0 saturated heterocycles. The molecule has 0 amide bonds. The highest BCUT2D eigenvalue weighted by atomic mass is 79.9. The van der Waals surface area contributed by atoms with Crippen LogP contribution in [0.5, 0.6) is 0 Å². The van der Waals surface area contributed by atoms with Gasteiger partial charge in [0.1, 0.15) is 5.82 Å². The number of rotatable bonds is 4. The van der Waals surface area contributed by atoms with Gasteiger partial charge in [0.15, 0.2) is 0 Å². The predicted octanol–water partition coefficient (Wildman–Crippen LogP) is 3.99. The van der Waals surface area contributed by atoms with Crippen molar-refractivity contribution in [2.75, 3.05) is 0 Å². The second-order valence-electron chi connectivity index (χ2n) is 3.74. The summed E-state index contributed by atoms with van der Waals surface area (Å²) in [6.07, 6.45) is 1.93. The van der Waals surface area contributed by atoms with Gasteiger partial charge in [-0.15, -0.1) is 0 Å². The Balaban J connectivity index is 3.17. The van der Waals surface area contributed by atoms with Crippen molar-refractivity contribution in [2.45, 2.75) is 38.7 Å². The molecule has 0 saturated carbocycles. The quantitative estimate of drug-likeness (QED) is 0.881. The molecule has 0 aromatic heterocycles. The third kappa shape index (κ3) is 2.58. The van der Waals surface area contributed by atoms with Gasteiger partial charge in [-0.2, -0.15) is 0 Å². The summed E-state index contributed by atoms with van der Waals surface area (Å²) in [6, 6.07) is 5.04. The maximum Gasteiger partial charge on any atom is 0.143 e. The summed E-state index contributed by atoms with van der Waals surface area (Å²) in [5.74, 6) is -0.352. The SMILES string of the molecule is CCCC(O)(CC)c1cccc(Br)c1F. The molecule has 0 radical (unpaired) electrons. The predicted molar refractivity (Wildman–Crippen MR) is 63.2 cm³/mol. The normalized spacial score (nSPS) is 15.0. The van der Waals surface area contributed by atoms with E-state index in [0.29, 0.717) is 22.9 Å². The maximum absolute atomic E-state index is 13.8. The van der Waals surface area contributed by atoms with Crippen molar-refractivity contribution in [3.63, 3.8) is 0 Å². The molecule has 0 aliphatic heterocycles. The van der Waals surface area contributed by atoms with Crippen LogP contribution in [0.3, 0.4) is 0 Å². The molecule has 0 spiro atoms. The highest BCUT2D eigenvalue weighted by Crippen LogP contribution is 2.34. The molecule has 15 heavy (non-hydrogen) atoms. The third-order valence-corrected chi connectivity index (χ3v) is 3.31. The second kappa shape index (κ2) is 5.08. The van der Waals surface area contributed by atoms with Gasteiger partial charge in [0.25, 0.3) is 0 Å². The molecular weight excluding hydrogens is 259 g/mol. The molecule has 1 rings (SSSR count). The van der Waals surface area contributed by atoms with Gasteiger partial charge in [-0.1, -0.05) is 32.4 Å². The summed E-state index contributed by atoms with van der Waals surface area (Å²) in [5.41, 5.74) is -0.649. The second-order valence-corrected chi connectivity index (χ2v) is 4.59. The summed E-state index contributed by atoms with van der Waals surface area (Å²) in [7, 11) is 0. The Labute approximate surface area is 98.4 Å². The Hall–Kier alpha value is -0.410. The standard InChI is InChI=1S/C12H16BrFO/c1-3-8-12(15,4-2)9-6-5-7-10(13)11(9)14/h5-7,15H,3-4,8H2,1-2H3. The lowest BCUT2D eigenvalue weighted by Gasteiger charge is -2.27. The van der Waals surface area contributed by atoms with Crippen molar-refractivity contribution < 1.29 is 9.50 Å². The van der Waals surface area contributed by atoms with Gasteiger partial charge in [-0.25, -0.2) is 4.39 Å². The van der Waals surface area contributed by atoms with Gasteiger partial charge in [0.2, 0.25) is 0 Å². The lowest BCUT2D eigenvalue weighted by molar-refractivity contribution is 0.0190. The van der Waals surface area contributed by atoms with E-state index in [0.717, 1.165) is 6.42 Å². The molecule has 1 nitrogen and oxygen atoms in total. The van der Waals surface area contributed by atoms with E-state index in [9.17, 15) is 9.50 Å². The summed E-state index contributed by atoms with van der Waals surface area (Å²) in [4.78, 5) is 0. The van der Waals surface area contributed by atoms with Crippen LogP contribution in [0.1, 0.15) is 38.7 Å². The van der Waals surface area contributed by atoms with E-state index in [1.807, 2.05) is 13.8 Å². The van der Waals surface area contributed by atoms with Crippen LogP contribution in [0, 0.1) is 5.82 Å². The molecule has 1 aromatic carbocycles. The number of hydrogen-bond donors (Lipinski definition) is 1. The molecule has 0 bridgehead atoms. The molecular formula is C12H16BrFO. The van der Waals surface area contributed by atoms with E-state index in [4.69, 9.17) is 0 Å². The molecule has 0 heterocycles. The molecule has 1 aromatic rings. The first-order valence-electron chi connectivity index (χ1n) is 5.22. The monoisotopic (exact) mass is 274 g/mol. The largest absolute Gasteiger partial charge is 0.385 e. The van der Waals surface area contributed by atoms with E-state index < -0.39 is 5.60 Å². The van der Waals surface area contributed by atoms with Gasteiger partial charge in [-0.05, 0) is 34.8 Å². The minimum absolute atomic E-state index is 0.352. The number of benzene rings is 1. The molecule has 0 aliphatic rings. The van der Waals surface area contributed by atoms with Gasteiger partial charge >= 0.3 is 0 Å². The molecule has 84 valence electrons. The first kappa shape index (κ1) is 12.7. The topological polar surface area (TPSA) is 20.2 Å². The van der Waals surface area contributed by atoms with Gasteiger partial charge in [0.05, 0.1) is 10.1 Å². The van der Waals surface area contributed by atoms with Crippen LogP contribution in [0.15, 0.2) is 22.7 Å². The first-order valence-corrected chi connectivity index (χ1v) is 6.01. The average molecular weight is 275 g/mol. The molecule has 1 unspecified atom stereocenters. The molecule has 3 heteroatoms. The van der Waals surface area contributed by atoms with E-state index in [1.54, 1.807) is 18.2 Å². The highest BCUT2D eigenvalue weighted by Gasteiger charge is 2.29. The zero-order chi connectivity index (χ0) is 11.5. The van der Waals surface area contributed by atoms with E-state index in [1.165, 1.54) is 0 Å². The van der Waals surface area contributed by atoms with Crippen LogP contribution < -0.4 is 0 Å². The summed E-state index contributed by atoms with van der Waals surface area (Å²) < 4.78 is 14.2. The van der Waals surface area contributed by atoms with Crippen molar-refractivity contribution >= 4 is 15.9 Å². The Morgan fingerprint density at radius 3 is 2.60 bits per heavy atom. The third-order valence-electron chi connectivity index (χ3n) is 2.70. The maximum atomic E-state index is 13.8. The van der Waals surface area contributed by atoms with Gasteiger partial charge < -0.3 is 5.11 Å². The van der Waals surface area contributed by atoms with Crippen LogP contribution in [0.2, 0.25) is 0 Å². The minimum Gasteiger partial charge on any atom is -0.385 e. The fraction of sp³-hybridized carbons (Fsp3) is 0.500. The smallest absolute Gasteiger partial charge is 0.143 e. The van der Waals surface area contributed by atoms with Crippen LogP contribution >= 0.6 is 15.9 Å². The fourth-order valence-corrected chi connectivity index (χ4v) is 2.14. The van der Waals surface area contributed by atoms with Crippen LogP contribution in [0.4, 0.5) is 4.39 Å². The minimum atomic E-state index is -1.04. The first-order chi connectivity index (χ1) is 7.05. The average Bonchev–Trinajstić information content (AvgIpc) is 2.22. The van der Waals surface area contributed by atoms with Crippen LogP contribution in [-0.4, -0.2) is 5.11 Å². The fourth-order valence-electron chi connectivity index (χ4n) is 1.78. The van der Waals surface area contributed by atoms with Crippen molar-refractivity contribution in [2.24, 2.45) is 0 Å². The van der Waals surface area contributed by atoms with E-state index in [-0.39, 0.29) is 5.82 Å². The van der Waals surface area contributed by atoms with Crippen molar-refractivity contribution in [1.82, 2.24) is 0 Å². The van der Waals surface area contributed by atoms with Crippen molar-refractivity contribution in [1.29, 1.82) is 0 Å². The number of hydrogen-bond acceptors (Lipinski definition) is 1. The van der Waals surface area contributed by atoms with E-state index in [2.05, 4.69) is 15.9 Å². The lowest BCUT2D eigenvalue weighted by atomic mass is 9.86. The zero-order valence-electron chi connectivity index (χ0n) is 9.06. The van der Waals surface area contributed by atoms with Crippen molar-refractivity contribution in [3.05, 3.63) is 34.1 Å². The summed E-state index contributed by atoms with van der Waals surface area (Å²) in [6.45, 7) is 3.85. The van der Waals surface area contributed by atoms with E-state index >= 15 is 0 Å². The van der Waals surface area contributed by atoms with Gasteiger partial charge in [0, 0.05) is 5.56 Å². The number of aliphatic hydroxyl groups is 1. The lowest BCUT2D eigenvalue weighted by Crippen LogP contribution is -2.25. The molecule has 0 aliphatic carbocycles. The summed E-state index contributed by atoms with van der Waals surface area (Å²) in [5, 5.41) is 10.3. The van der Waals surface area contributed by atoms with Crippen LogP contribution in [0.25, 0.3) is 0 Å².